The highest BCUT2D eigenvalue weighted by Gasteiger charge is 2.53. The van der Waals surface area contributed by atoms with E-state index in [1.807, 2.05) is 0 Å². The summed E-state index contributed by atoms with van der Waals surface area (Å²) in [5.41, 5.74) is 17.0. The minimum atomic E-state index is -0.434. The van der Waals surface area contributed by atoms with Gasteiger partial charge in [-0.2, -0.15) is 0 Å². The van der Waals surface area contributed by atoms with Crippen LogP contribution in [0.3, 0.4) is 0 Å². The minimum Gasteiger partial charge on any atom is -0.292 e. The van der Waals surface area contributed by atoms with Crippen LogP contribution in [0.5, 0.6) is 0 Å². The zero-order chi connectivity index (χ0) is 35.4. The summed E-state index contributed by atoms with van der Waals surface area (Å²) in [5.74, 6) is 0.942. The van der Waals surface area contributed by atoms with Crippen molar-refractivity contribution >= 4 is 32.6 Å². The van der Waals surface area contributed by atoms with Crippen molar-refractivity contribution in [2.45, 2.75) is 5.41 Å². The number of nitrogens with zero attached hydrogens (tertiary/aromatic N) is 2. The molecule has 10 aromatic rings. The molecule has 0 radical (unpaired) electrons. The molecule has 9 aromatic carbocycles. The minimum absolute atomic E-state index is 0.434. The average Bonchev–Trinajstić information content (AvgIpc) is 3.88. The second kappa shape index (κ2) is 11.0. The Bertz CT molecular complexity index is 3110. The number of hydrogen-bond acceptors (Lipinski definition) is 1. The van der Waals surface area contributed by atoms with E-state index in [0.717, 1.165) is 33.7 Å². The maximum Gasteiger partial charge on any atom is 0.145 e. The lowest BCUT2D eigenvalue weighted by Gasteiger charge is -2.32. The highest BCUT2D eigenvalue weighted by Crippen LogP contribution is 2.65. The number of fused-ring (bicyclic) bond motifs is 15. The summed E-state index contributed by atoms with van der Waals surface area (Å²) >= 11 is 0. The largest absolute Gasteiger partial charge is 0.292 e. The van der Waals surface area contributed by atoms with Gasteiger partial charge in [0.2, 0.25) is 0 Å². The molecule has 1 aromatic heterocycles. The molecule has 0 amide bonds. The first-order valence-electron chi connectivity index (χ1n) is 18.7. The summed E-state index contributed by atoms with van der Waals surface area (Å²) in [6, 6.07) is 71.3. The third kappa shape index (κ3) is 3.87. The number of aromatic nitrogens is 2. The van der Waals surface area contributed by atoms with E-state index >= 15 is 0 Å². The molecule has 0 N–H and O–H groups in total. The van der Waals surface area contributed by atoms with Gasteiger partial charge < -0.3 is 0 Å². The molecule has 2 nitrogen and oxygen atoms in total. The van der Waals surface area contributed by atoms with E-state index in [1.165, 1.54) is 71.6 Å². The molecule has 2 aliphatic carbocycles. The quantitative estimate of drug-likeness (QED) is 0.181. The smallest absolute Gasteiger partial charge is 0.145 e. The van der Waals surface area contributed by atoms with Crippen molar-refractivity contribution in [2.24, 2.45) is 0 Å². The zero-order valence-electron chi connectivity index (χ0n) is 29.4. The number of hydrogen-bond donors (Lipinski definition) is 0. The Morgan fingerprint density at radius 3 is 1.70 bits per heavy atom. The fourth-order valence-electron chi connectivity index (χ4n) is 9.82. The molecule has 0 bridgehead atoms. The van der Waals surface area contributed by atoms with Crippen LogP contribution >= 0.6 is 0 Å². The van der Waals surface area contributed by atoms with E-state index in [-0.39, 0.29) is 0 Å². The van der Waals surface area contributed by atoms with Gasteiger partial charge in [-0.3, -0.25) is 4.57 Å². The van der Waals surface area contributed by atoms with Gasteiger partial charge in [0.25, 0.3) is 0 Å². The van der Waals surface area contributed by atoms with Crippen LogP contribution in [0.4, 0.5) is 0 Å². The van der Waals surface area contributed by atoms with Gasteiger partial charge in [-0.15, -0.1) is 0 Å². The van der Waals surface area contributed by atoms with E-state index < -0.39 is 5.41 Å². The molecule has 2 aliphatic rings. The van der Waals surface area contributed by atoms with E-state index in [1.54, 1.807) is 0 Å². The van der Waals surface area contributed by atoms with Gasteiger partial charge in [0.05, 0.1) is 16.4 Å². The number of imidazole rings is 1. The standard InChI is InChI=1S/C52H32N2/c1-3-14-34(15-4-1)51-53-47-32-36(26-30-48(47)54(51)38-16-5-2-6-17-38)35-24-27-40-37(31-35)25-29-44-43-28-23-33-13-7-8-18-39(33)49(43)52(50(40)44)45-21-11-9-19-41(45)42-20-10-12-22-46(42)52/h1-32H. The Hall–Kier alpha value is -7.03. The fraction of sp³-hybridized carbons (Fsp3) is 0.0192. The molecule has 0 fully saturated rings. The monoisotopic (exact) mass is 684 g/mol. The van der Waals surface area contributed by atoms with Crippen molar-refractivity contribution < 1.29 is 0 Å². The molecule has 1 spiro atoms. The Kier molecular flexibility index (Phi) is 6.01. The summed E-state index contributed by atoms with van der Waals surface area (Å²) in [6.45, 7) is 0. The van der Waals surface area contributed by atoms with Gasteiger partial charge in [0.15, 0.2) is 0 Å². The lowest BCUT2D eigenvalue weighted by Crippen LogP contribution is -2.26. The second-order valence-electron chi connectivity index (χ2n) is 14.7. The van der Waals surface area contributed by atoms with Crippen LogP contribution < -0.4 is 0 Å². The number of rotatable bonds is 3. The average molecular weight is 685 g/mol. The van der Waals surface area contributed by atoms with Crippen molar-refractivity contribution in [3.63, 3.8) is 0 Å². The third-order valence-electron chi connectivity index (χ3n) is 12.0. The van der Waals surface area contributed by atoms with Crippen LogP contribution in [0.1, 0.15) is 22.3 Å². The van der Waals surface area contributed by atoms with Crippen molar-refractivity contribution in [1.29, 1.82) is 0 Å². The Morgan fingerprint density at radius 1 is 0.389 bits per heavy atom. The van der Waals surface area contributed by atoms with Crippen molar-refractivity contribution in [2.75, 3.05) is 0 Å². The normalized spacial score (nSPS) is 13.3. The Morgan fingerprint density at radius 2 is 0.963 bits per heavy atom. The van der Waals surface area contributed by atoms with Gasteiger partial charge in [-0.1, -0.05) is 164 Å². The molecular weight excluding hydrogens is 653 g/mol. The van der Waals surface area contributed by atoms with Crippen LogP contribution in [0.2, 0.25) is 0 Å². The Balaban J connectivity index is 1.09. The molecular formula is C52H32N2. The van der Waals surface area contributed by atoms with Gasteiger partial charge >= 0.3 is 0 Å². The molecule has 0 aliphatic heterocycles. The van der Waals surface area contributed by atoms with Crippen LogP contribution in [0.15, 0.2) is 194 Å². The SMILES string of the molecule is c1ccc(-c2nc3cc(-c4ccc5c6c(ccc5c4)-c4ccc5ccccc5c4C64c5ccccc5-c5ccccc54)ccc3n2-c2ccccc2)cc1. The lowest BCUT2D eigenvalue weighted by atomic mass is 9.68. The predicted molar refractivity (Wildman–Crippen MR) is 223 cm³/mol. The van der Waals surface area contributed by atoms with E-state index in [9.17, 15) is 0 Å². The van der Waals surface area contributed by atoms with Crippen molar-refractivity contribution in [3.05, 3.63) is 216 Å². The number of benzene rings is 9. The van der Waals surface area contributed by atoms with Crippen LogP contribution in [-0.2, 0) is 5.41 Å². The van der Waals surface area contributed by atoms with E-state index in [4.69, 9.17) is 4.98 Å². The maximum absolute atomic E-state index is 5.26. The molecule has 54 heavy (non-hydrogen) atoms. The summed E-state index contributed by atoms with van der Waals surface area (Å²) in [5, 5.41) is 5.13. The van der Waals surface area contributed by atoms with Crippen molar-refractivity contribution in [3.8, 4) is 50.5 Å². The lowest BCUT2D eigenvalue weighted by molar-refractivity contribution is 0.809. The molecule has 2 heteroatoms. The van der Waals surface area contributed by atoms with Crippen LogP contribution in [-0.4, -0.2) is 9.55 Å². The molecule has 0 atom stereocenters. The van der Waals surface area contributed by atoms with Gasteiger partial charge in [0.1, 0.15) is 5.82 Å². The predicted octanol–water partition coefficient (Wildman–Crippen LogP) is 13.0. The molecule has 12 rings (SSSR count). The first-order chi connectivity index (χ1) is 26.8. The molecule has 0 unspecified atom stereocenters. The summed E-state index contributed by atoms with van der Waals surface area (Å²) < 4.78 is 2.27. The zero-order valence-corrected chi connectivity index (χ0v) is 29.4. The third-order valence-corrected chi connectivity index (χ3v) is 12.0. The van der Waals surface area contributed by atoms with Crippen molar-refractivity contribution in [1.82, 2.24) is 9.55 Å². The van der Waals surface area contributed by atoms with Gasteiger partial charge in [0, 0.05) is 11.3 Å². The molecule has 0 saturated heterocycles. The first-order valence-corrected chi connectivity index (χ1v) is 18.7. The maximum atomic E-state index is 5.26. The number of para-hydroxylation sites is 1. The Labute approximate surface area is 313 Å². The summed E-state index contributed by atoms with van der Waals surface area (Å²) in [6.07, 6.45) is 0. The van der Waals surface area contributed by atoms with Crippen LogP contribution in [0.25, 0.3) is 83.0 Å². The second-order valence-corrected chi connectivity index (χ2v) is 14.7. The molecule has 250 valence electrons. The van der Waals surface area contributed by atoms with Crippen LogP contribution in [0, 0.1) is 0 Å². The first kappa shape index (κ1) is 29.5. The molecule has 1 heterocycles. The topological polar surface area (TPSA) is 17.8 Å². The van der Waals surface area contributed by atoms with Gasteiger partial charge in [-0.25, -0.2) is 4.98 Å². The van der Waals surface area contributed by atoms with E-state index in [2.05, 4.69) is 199 Å². The van der Waals surface area contributed by atoms with Gasteiger partial charge in [-0.05, 0) is 108 Å². The summed E-state index contributed by atoms with van der Waals surface area (Å²) in [4.78, 5) is 5.26. The van der Waals surface area contributed by atoms with E-state index in [0.29, 0.717) is 0 Å². The highest BCUT2D eigenvalue weighted by molar-refractivity contribution is 6.09. The summed E-state index contributed by atoms with van der Waals surface area (Å²) in [7, 11) is 0. The molecule has 0 saturated carbocycles. The highest BCUT2D eigenvalue weighted by atomic mass is 15.1. The fourth-order valence-corrected chi connectivity index (χ4v) is 9.82.